The molecular weight excluding hydrogens is 428 g/mol. The van der Waals surface area contributed by atoms with Gasteiger partial charge in [0.25, 0.3) is 0 Å². The average molecular weight is 455 g/mol. The van der Waals surface area contributed by atoms with Crippen LogP contribution in [0.25, 0.3) is 11.3 Å². The summed E-state index contributed by atoms with van der Waals surface area (Å²) in [6.45, 7) is 4.48. The first-order valence-corrected chi connectivity index (χ1v) is 11.2. The van der Waals surface area contributed by atoms with E-state index in [1.165, 1.54) is 30.7 Å². The number of ether oxygens (including phenoxy) is 2. The Morgan fingerprint density at radius 2 is 2.03 bits per heavy atom. The SMILES string of the molecule is CCCCCOc1c(OC)cc(/C=N\Nc2nc(-c3ccccc3)c(C)s2)cc1[N+](=O)[O-]. The molecule has 0 radical (unpaired) electrons. The van der Waals surface area contributed by atoms with Gasteiger partial charge in [0, 0.05) is 22.1 Å². The van der Waals surface area contributed by atoms with Crippen LogP contribution < -0.4 is 14.9 Å². The number of nitrogens with one attached hydrogen (secondary N) is 1. The Bertz CT molecular complexity index is 1080. The van der Waals surface area contributed by atoms with Gasteiger partial charge in [-0.1, -0.05) is 50.1 Å². The van der Waals surface area contributed by atoms with Crippen molar-refractivity contribution in [1.29, 1.82) is 0 Å². The summed E-state index contributed by atoms with van der Waals surface area (Å²) in [7, 11) is 1.46. The molecule has 168 valence electrons. The van der Waals surface area contributed by atoms with Crippen molar-refractivity contribution in [2.45, 2.75) is 33.1 Å². The number of nitro groups is 1. The highest BCUT2D eigenvalue weighted by Crippen LogP contribution is 2.38. The highest BCUT2D eigenvalue weighted by Gasteiger charge is 2.22. The largest absolute Gasteiger partial charge is 0.493 e. The summed E-state index contributed by atoms with van der Waals surface area (Å²) in [6.07, 6.45) is 4.35. The Kier molecular flexibility index (Phi) is 8.15. The second-order valence-corrected chi connectivity index (χ2v) is 8.25. The number of unbranched alkanes of at least 4 members (excludes halogenated alkanes) is 2. The second kappa shape index (κ2) is 11.2. The number of benzene rings is 2. The van der Waals surface area contributed by atoms with Crippen LogP contribution >= 0.6 is 11.3 Å². The Morgan fingerprint density at radius 1 is 1.25 bits per heavy atom. The number of aryl methyl sites for hydroxylation is 1. The van der Waals surface area contributed by atoms with E-state index in [9.17, 15) is 10.1 Å². The van der Waals surface area contributed by atoms with Gasteiger partial charge in [0.1, 0.15) is 0 Å². The second-order valence-electron chi connectivity index (χ2n) is 7.04. The molecule has 0 fully saturated rings. The number of anilines is 1. The highest BCUT2D eigenvalue weighted by molar-refractivity contribution is 7.15. The van der Waals surface area contributed by atoms with E-state index in [0.29, 0.717) is 23.1 Å². The third-order valence-electron chi connectivity index (χ3n) is 4.69. The van der Waals surface area contributed by atoms with Crippen LogP contribution in [0.1, 0.15) is 36.6 Å². The molecule has 1 heterocycles. The number of hydrazone groups is 1. The number of hydrogen-bond donors (Lipinski definition) is 1. The number of nitrogens with zero attached hydrogens (tertiary/aromatic N) is 3. The van der Waals surface area contributed by atoms with Crippen molar-refractivity contribution in [2.24, 2.45) is 5.10 Å². The molecule has 0 atom stereocenters. The Labute approximate surface area is 191 Å². The molecule has 0 saturated heterocycles. The number of nitro benzene ring substituents is 1. The third kappa shape index (κ3) is 5.82. The Morgan fingerprint density at radius 3 is 2.72 bits per heavy atom. The molecule has 0 aliphatic rings. The first-order chi connectivity index (χ1) is 15.5. The van der Waals surface area contributed by atoms with Crippen LogP contribution in [-0.2, 0) is 0 Å². The summed E-state index contributed by atoms with van der Waals surface area (Å²) in [4.78, 5) is 16.8. The molecule has 8 nitrogen and oxygen atoms in total. The summed E-state index contributed by atoms with van der Waals surface area (Å²) in [6, 6.07) is 13.0. The molecule has 0 bridgehead atoms. The summed E-state index contributed by atoms with van der Waals surface area (Å²) in [5, 5.41) is 16.4. The Balaban J connectivity index is 1.77. The van der Waals surface area contributed by atoms with Crippen LogP contribution in [-0.4, -0.2) is 29.8 Å². The van der Waals surface area contributed by atoms with Gasteiger partial charge in [-0.3, -0.25) is 15.5 Å². The highest BCUT2D eigenvalue weighted by atomic mass is 32.1. The number of methoxy groups -OCH3 is 1. The molecule has 9 heteroatoms. The van der Waals surface area contributed by atoms with Gasteiger partial charge >= 0.3 is 5.69 Å². The molecule has 3 rings (SSSR count). The summed E-state index contributed by atoms with van der Waals surface area (Å²) >= 11 is 1.49. The molecule has 0 aliphatic carbocycles. The van der Waals surface area contributed by atoms with Gasteiger partial charge in [-0.2, -0.15) is 5.10 Å². The van der Waals surface area contributed by atoms with Crippen LogP contribution in [0.5, 0.6) is 11.5 Å². The quantitative estimate of drug-likeness (QED) is 0.164. The number of thiazole rings is 1. The molecule has 0 aliphatic heterocycles. The zero-order valence-electron chi connectivity index (χ0n) is 18.3. The van der Waals surface area contributed by atoms with Crippen molar-refractivity contribution in [3.63, 3.8) is 0 Å². The number of hydrogen-bond acceptors (Lipinski definition) is 8. The van der Waals surface area contributed by atoms with Crippen molar-refractivity contribution in [3.8, 4) is 22.8 Å². The molecule has 1 N–H and O–H groups in total. The Hall–Kier alpha value is -3.46. The lowest BCUT2D eigenvalue weighted by Gasteiger charge is -2.11. The maximum absolute atomic E-state index is 11.6. The van der Waals surface area contributed by atoms with E-state index in [0.717, 1.165) is 35.4 Å². The van der Waals surface area contributed by atoms with Crippen LogP contribution in [0.4, 0.5) is 10.8 Å². The zero-order valence-corrected chi connectivity index (χ0v) is 19.1. The molecule has 32 heavy (non-hydrogen) atoms. The van der Waals surface area contributed by atoms with E-state index in [2.05, 4.69) is 22.4 Å². The van der Waals surface area contributed by atoms with Gasteiger partial charge in [-0.15, -0.1) is 11.3 Å². The fraction of sp³-hybridized carbons (Fsp3) is 0.304. The standard InChI is InChI=1S/C23H26N4O4S/c1-4-5-9-12-31-22-19(27(28)29)13-17(14-20(22)30-3)15-24-26-23-25-21(16(2)32-23)18-10-7-6-8-11-18/h6-8,10-11,13-15H,4-5,9,12H2,1-3H3,(H,25,26)/b24-15-. The zero-order chi connectivity index (χ0) is 22.9. The van der Waals surface area contributed by atoms with E-state index in [1.807, 2.05) is 37.3 Å². The molecule has 2 aromatic carbocycles. The molecule has 1 aromatic heterocycles. The molecule has 0 saturated carbocycles. The molecule has 3 aromatic rings. The van der Waals surface area contributed by atoms with Crippen molar-refractivity contribution in [3.05, 3.63) is 63.0 Å². The fourth-order valence-corrected chi connectivity index (χ4v) is 3.90. The maximum Gasteiger partial charge on any atom is 0.315 e. The van der Waals surface area contributed by atoms with Crippen LogP contribution in [0.15, 0.2) is 47.6 Å². The summed E-state index contributed by atoms with van der Waals surface area (Å²) in [5.41, 5.74) is 5.20. The predicted octanol–water partition coefficient (Wildman–Crippen LogP) is 6.05. The lowest BCUT2D eigenvalue weighted by Crippen LogP contribution is -2.04. The maximum atomic E-state index is 11.6. The van der Waals surface area contributed by atoms with Gasteiger partial charge in [-0.25, -0.2) is 4.98 Å². The van der Waals surface area contributed by atoms with Crippen LogP contribution in [0, 0.1) is 17.0 Å². The molecule has 0 spiro atoms. The van der Waals surface area contributed by atoms with E-state index in [4.69, 9.17) is 9.47 Å². The lowest BCUT2D eigenvalue weighted by molar-refractivity contribution is -0.386. The van der Waals surface area contributed by atoms with E-state index < -0.39 is 4.92 Å². The van der Waals surface area contributed by atoms with Gasteiger partial charge < -0.3 is 9.47 Å². The average Bonchev–Trinajstić information content (AvgIpc) is 3.17. The van der Waals surface area contributed by atoms with Crippen molar-refractivity contribution in [1.82, 2.24) is 4.98 Å². The summed E-state index contributed by atoms with van der Waals surface area (Å²) < 4.78 is 11.0. The number of aromatic nitrogens is 1. The molecule has 0 amide bonds. The van der Waals surface area contributed by atoms with Gasteiger partial charge in [0.05, 0.1) is 30.5 Å². The third-order valence-corrected chi connectivity index (χ3v) is 5.56. The normalized spacial score (nSPS) is 11.0. The molecule has 0 unspecified atom stereocenters. The van der Waals surface area contributed by atoms with Gasteiger partial charge in [-0.05, 0) is 19.4 Å². The van der Waals surface area contributed by atoms with Crippen molar-refractivity contribution >= 4 is 28.4 Å². The minimum absolute atomic E-state index is 0.141. The monoisotopic (exact) mass is 454 g/mol. The summed E-state index contributed by atoms with van der Waals surface area (Å²) in [5.74, 6) is 0.440. The van der Waals surface area contributed by atoms with Crippen molar-refractivity contribution in [2.75, 3.05) is 19.1 Å². The first kappa shape index (κ1) is 23.2. The lowest BCUT2D eigenvalue weighted by atomic mass is 10.1. The fourth-order valence-electron chi connectivity index (χ4n) is 3.11. The van der Waals surface area contributed by atoms with E-state index in [1.54, 1.807) is 6.07 Å². The van der Waals surface area contributed by atoms with Gasteiger partial charge in [0.2, 0.25) is 10.9 Å². The molecular formula is C23H26N4O4S. The minimum Gasteiger partial charge on any atom is -0.493 e. The van der Waals surface area contributed by atoms with Crippen LogP contribution in [0.2, 0.25) is 0 Å². The minimum atomic E-state index is -0.473. The van der Waals surface area contributed by atoms with Crippen molar-refractivity contribution < 1.29 is 14.4 Å². The smallest absolute Gasteiger partial charge is 0.315 e. The van der Waals surface area contributed by atoms with Gasteiger partial charge in [0.15, 0.2) is 5.75 Å². The first-order valence-electron chi connectivity index (χ1n) is 10.3. The number of rotatable bonds is 11. The van der Waals surface area contributed by atoms with Crippen LogP contribution in [0.3, 0.4) is 0 Å². The van der Waals surface area contributed by atoms with E-state index in [-0.39, 0.29) is 11.4 Å². The predicted molar refractivity (Wildman–Crippen MR) is 128 cm³/mol. The van der Waals surface area contributed by atoms with E-state index >= 15 is 0 Å². The topological polar surface area (TPSA) is 98.9 Å².